The summed E-state index contributed by atoms with van der Waals surface area (Å²) in [6.45, 7) is 2.39. The van der Waals surface area contributed by atoms with Crippen molar-refractivity contribution in [3.8, 4) is 0 Å². The van der Waals surface area contributed by atoms with Crippen molar-refractivity contribution < 1.29 is 4.79 Å². The highest BCUT2D eigenvalue weighted by Crippen LogP contribution is 2.24. The molecule has 0 aliphatic heterocycles. The second-order valence-corrected chi connectivity index (χ2v) is 4.75. The lowest BCUT2D eigenvalue weighted by atomic mass is 9.95. The molecule has 1 unspecified atom stereocenters. The number of likely N-dealkylation sites (N-methyl/N-ethyl adjacent to an activating group) is 1. The minimum atomic E-state index is -0.0143. The highest BCUT2D eigenvalue weighted by atomic mass is 16.1. The molecule has 3 heteroatoms. The zero-order valence-corrected chi connectivity index (χ0v) is 11.9. The van der Waals surface area contributed by atoms with Crippen molar-refractivity contribution in [2.75, 3.05) is 13.6 Å². The third-order valence-corrected chi connectivity index (χ3v) is 3.38. The van der Waals surface area contributed by atoms with Gasteiger partial charge in [0.15, 0.2) is 0 Å². The Labute approximate surface area is 120 Å². The predicted octanol–water partition coefficient (Wildman–Crippen LogP) is 2.42. The van der Waals surface area contributed by atoms with Crippen LogP contribution in [0.4, 0.5) is 0 Å². The maximum atomic E-state index is 11.5. The molecule has 0 heterocycles. The summed E-state index contributed by atoms with van der Waals surface area (Å²) in [6.07, 6.45) is 0. The molecule has 0 spiro atoms. The van der Waals surface area contributed by atoms with Gasteiger partial charge in [0, 0.05) is 7.05 Å². The van der Waals surface area contributed by atoms with Crippen LogP contribution in [0.25, 0.3) is 0 Å². The molecule has 20 heavy (non-hydrogen) atoms. The molecule has 0 bridgehead atoms. The highest BCUT2D eigenvalue weighted by Gasteiger charge is 2.16. The van der Waals surface area contributed by atoms with Crippen LogP contribution in [0.15, 0.2) is 54.6 Å². The van der Waals surface area contributed by atoms with Gasteiger partial charge in [0.25, 0.3) is 0 Å². The van der Waals surface area contributed by atoms with Crippen LogP contribution in [-0.2, 0) is 4.79 Å². The molecule has 2 aromatic carbocycles. The Kier molecular flexibility index (Phi) is 4.91. The Morgan fingerprint density at radius 1 is 1.05 bits per heavy atom. The van der Waals surface area contributed by atoms with Gasteiger partial charge in [0.2, 0.25) is 5.91 Å². The first kappa shape index (κ1) is 14.3. The third kappa shape index (κ3) is 3.45. The molecule has 0 fully saturated rings. The van der Waals surface area contributed by atoms with Crippen LogP contribution in [0, 0.1) is 6.92 Å². The van der Waals surface area contributed by atoms with E-state index >= 15 is 0 Å². The second kappa shape index (κ2) is 6.87. The zero-order chi connectivity index (χ0) is 14.4. The molecular formula is C17H20N2O. The summed E-state index contributed by atoms with van der Waals surface area (Å²) in [6, 6.07) is 18.5. The fourth-order valence-electron chi connectivity index (χ4n) is 2.25. The van der Waals surface area contributed by atoms with Crippen molar-refractivity contribution in [1.29, 1.82) is 0 Å². The van der Waals surface area contributed by atoms with E-state index in [-0.39, 0.29) is 11.9 Å². The molecule has 0 saturated heterocycles. The smallest absolute Gasteiger partial charge is 0.233 e. The standard InChI is InChI=1S/C17H20N2O/c1-13-8-6-7-11-15(13)17(19-12-16(20)18-2)14-9-4-3-5-10-14/h3-11,17,19H,12H2,1-2H3,(H,18,20). The third-order valence-electron chi connectivity index (χ3n) is 3.38. The van der Waals surface area contributed by atoms with Gasteiger partial charge < -0.3 is 5.32 Å². The number of rotatable bonds is 5. The van der Waals surface area contributed by atoms with Crippen molar-refractivity contribution in [1.82, 2.24) is 10.6 Å². The van der Waals surface area contributed by atoms with E-state index in [0.717, 1.165) is 5.56 Å². The monoisotopic (exact) mass is 268 g/mol. The van der Waals surface area contributed by atoms with Crippen LogP contribution in [0.1, 0.15) is 22.7 Å². The summed E-state index contributed by atoms with van der Waals surface area (Å²) in [5.74, 6) is -0.0143. The van der Waals surface area contributed by atoms with Crippen LogP contribution >= 0.6 is 0 Å². The van der Waals surface area contributed by atoms with Crippen LogP contribution < -0.4 is 10.6 Å². The van der Waals surface area contributed by atoms with Gasteiger partial charge in [0.1, 0.15) is 0 Å². The van der Waals surface area contributed by atoms with E-state index in [1.165, 1.54) is 11.1 Å². The molecule has 1 atom stereocenters. The molecule has 0 radical (unpaired) electrons. The lowest BCUT2D eigenvalue weighted by Crippen LogP contribution is -2.34. The number of hydrogen-bond acceptors (Lipinski definition) is 2. The first-order valence-corrected chi connectivity index (χ1v) is 6.77. The Balaban J connectivity index is 2.30. The molecule has 2 N–H and O–H groups in total. The number of benzene rings is 2. The average Bonchev–Trinajstić information content (AvgIpc) is 2.50. The van der Waals surface area contributed by atoms with E-state index in [1.807, 2.05) is 30.3 Å². The molecular weight excluding hydrogens is 248 g/mol. The van der Waals surface area contributed by atoms with Gasteiger partial charge in [-0.25, -0.2) is 0 Å². The summed E-state index contributed by atoms with van der Waals surface area (Å²) in [5.41, 5.74) is 3.57. The Morgan fingerprint density at radius 3 is 2.35 bits per heavy atom. The lowest BCUT2D eigenvalue weighted by Gasteiger charge is -2.21. The number of nitrogens with one attached hydrogen (secondary N) is 2. The molecule has 0 aliphatic carbocycles. The van der Waals surface area contributed by atoms with Gasteiger partial charge in [-0.15, -0.1) is 0 Å². The van der Waals surface area contributed by atoms with E-state index in [4.69, 9.17) is 0 Å². The van der Waals surface area contributed by atoms with Crippen LogP contribution in [0.5, 0.6) is 0 Å². The minimum absolute atomic E-state index is 0.0143. The number of carbonyl (C=O) groups excluding carboxylic acids is 1. The molecule has 0 saturated carbocycles. The van der Waals surface area contributed by atoms with Crippen molar-refractivity contribution in [3.63, 3.8) is 0 Å². The van der Waals surface area contributed by atoms with E-state index < -0.39 is 0 Å². The first-order chi connectivity index (χ1) is 9.72. The molecule has 2 aromatic rings. The predicted molar refractivity (Wildman–Crippen MR) is 81.5 cm³/mol. The summed E-state index contributed by atoms with van der Waals surface area (Å²) >= 11 is 0. The zero-order valence-electron chi connectivity index (χ0n) is 11.9. The Hall–Kier alpha value is -2.13. The fourth-order valence-corrected chi connectivity index (χ4v) is 2.25. The largest absolute Gasteiger partial charge is 0.358 e. The quantitative estimate of drug-likeness (QED) is 0.874. The van der Waals surface area contributed by atoms with Crippen LogP contribution in [-0.4, -0.2) is 19.5 Å². The molecule has 0 aliphatic rings. The molecule has 3 nitrogen and oxygen atoms in total. The number of carbonyl (C=O) groups is 1. The fraction of sp³-hybridized carbons (Fsp3) is 0.235. The Morgan fingerprint density at radius 2 is 1.70 bits per heavy atom. The van der Waals surface area contributed by atoms with E-state index in [0.29, 0.717) is 6.54 Å². The van der Waals surface area contributed by atoms with E-state index in [1.54, 1.807) is 7.05 Å². The number of hydrogen-bond donors (Lipinski definition) is 2. The summed E-state index contributed by atoms with van der Waals surface area (Å²) in [4.78, 5) is 11.5. The van der Waals surface area contributed by atoms with Gasteiger partial charge in [-0.05, 0) is 23.6 Å². The topological polar surface area (TPSA) is 41.1 Å². The van der Waals surface area contributed by atoms with Crippen molar-refractivity contribution >= 4 is 5.91 Å². The minimum Gasteiger partial charge on any atom is -0.358 e. The molecule has 1 amide bonds. The number of aryl methyl sites for hydroxylation is 1. The Bertz CT molecular complexity index is 566. The molecule has 2 rings (SSSR count). The molecule has 104 valence electrons. The van der Waals surface area contributed by atoms with Crippen molar-refractivity contribution in [2.24, 2.45) is 0 Å². The second-order valence-electron chi connectivity index (χ2n) is 4.75. The van der Waals surface area contributed by atoms with E-state index in [2.05, 4.69) is 41.8 Å². The maximum absolute atomic E-state index is 11.5. The van der Waals surface area contributed by atoms with Gasteiger partial charge >= 0.3 is 0 Å². The normalized spacial score (nSPS) is 11.9. The van der Waals surface area contributed by atoms with Gasteiger partial charge in [-0.1, -0.05) is 54.6 Å². The molecule has 0 aromatic heterocycles. The average molecular weight is 268 g/mol. The van der Waals surface area contributed by atoms with Gasteiger partial charge in [-0.2, -0.15) is 0 Å². The van der Waals surface area contributed by atoms with Crippen molar-refractivity contribution in [2.45, 2.75) is 13.0 Å². The van der Waals surface area contributed by atoms with Gasteiger partial charge in [0.05, 0.1) is 12.6 Å². The summed E-state index contributed by atoms with van der Waals surface area (Å²) in [5, 5.41) is 5.97. The maximum Gasteiger partial charge on any atom is 0.233 e. The summed E-state index contributed by atoms with van der Waals surface area (Å²) < 4.78 is 0. The van der Waals surface area contributed by atoms with Crippen LogP contribution in [0.3, 0.4) is 0 Å². The first-order valence-electron chi connectivity index (χ1n) is 6.77. The number of amides is 1. The van der Waals surface area contributed by atoms with Crippen LogP contribution in [0.2, 0.25) is 0 Å². The lowest BCUT2D eigenvalue weighted by molar-refractivity contribution is -0.119. The highest BCUT2D eigenvalue weighted by molar-refractivity contribution is 5.77. The SMILES string of the molecule is CNC(=O)CNC(c1ccccc1)c1ccccc1C. The summed E-state index contributed by atoms with van der Waals surface area (Å²) in [7, 11) is 1.65. The van der Waals surface area contributed by atoms with Crippen molar-refractivity contribution in [3.05, 3.63) is 71.3 Å². The van der Waals surface area contributed by atoms with Gasteiger partial charge in [-0.3, -0.25) is 10.1 Å². The van der Waals surface area contributed by atoms with E-state index in [9.17, 15) is 4.79 Å².